The molecule has 0 unspecified atom stereocenters. The van der Waals surface area contributed by atoms with Crippen molar-refractivity contribution in [1.29, 1.82) is 0 Å². The van der Waals surface area contributed by atoms with Crippen molar-refractivity contribution in [3.63, 3.8) is 0 Å². The van der Waals surface area contributed by atoms with Crippen LogP contribution in [0.2, 0.25) is 5.02 Å². The molecule has 2 rings (SSSR count). The van der Waals surface area contributed by atoms with E-state index in [1.807, 2.05) is 30.3 Å². The van der Waals surface area contributed by atoms with Crippen LogP contribution in [0, 0.1) is 5.92 Å². The first kappa shape index (κ1) is 18.3. The summed E-state index contributed by atoms with van der Waals surface area (Å²) in [6, 6.07) is 13.0. The first-order valence-corrected chi connectivity index (χ1v) is 8.59. The fraction of sp³-hybridized carbons (Fsp3) is 0.350. The van der Waals surface area contributed by atoms with Crippen molar-refractivity contribution >= 4 is 17.6 Å². The van der Waals surface area contributed by atoms with E-state index >= 15 is 0 Å². The summed E-state index contributed by atoms with van der Waals surface area (Å²) in [5.41, 5.74) is 2.20. The molecule has 0 aliphatic rings. The lowest BCUT2D eigenvalue weighted by molar-refractivity contribution is 0.0526. The van der Waals surface area contributed by atoms with Crippen LogP contribution >= 0.6 is 11.6 Å². The molecule has 0 aromatic heterocycles. The number of carbonyl (C=O) groups excluding carboxylic acids is 1. The zero-order valence-corrected chi connectivity index (χ0v) is 15.1. The van der Waals surface area contributed by atoms with Crippen LogP contribution in [0.3, 0.4) is 0 Å². The maximum atomic E-state index is 11.8. The number of para-hydroxylation sites is 1. The lowest BCUT2D eigenvalue weighted by atomic mass is 10.0. The average Bonchev–Trinajstić information content (AvgIpc) is 2.55. The summed E-state index contributed by atoms with van der Waals surface area (Å²) in [4.78, 5) is 11.8. The average molecular weight is 347 g/mol. The molecule has 0 saturated carbocycles. The second-order valence-electron chi connectivity index (χ2n) is 5.94. The highest BCUT2D eigenvalue weighted by Gasteiger charge is 2.13. The Hall–Kier alpha value is -2.00. The van der Waals surface area contributed by atoms with Gasteiger partial charge in [0.05, 0.1) is 18.8 Å². The number of carbonyl (C=O) groups is 1. The number of hydrogen-bond donors (Lipinski definition) is 0. The largest absolute Gasteiger partial charge is 0.493 e. The van der Waals surface area contributed by atoms with Crippen molar-refractivity contribution in [2.24, 2.45) is 5.92 Å². The van der Waals surface area contributed by atoms with Gasteiger partial charge in [-0.15, -0.1) is 0 Å². The number of rotatable bonds is 7. The minimum Gasteiger partial charge on any atom is -0.493 e. The molecular weight excluding hydrogens is 324 g/mol. The molecule has 0 amide bonds. The van der Waals surface area contributed by atoms with E-state index in [4.69, 9.17) is 21.1 Å². The van der Waals surface area contributed by atoms with Gasteiger partial charge >= 0.3 is 5.97 Å². The molecule has 4 heteroatoms. The van der Waals surface area contributed by atoms with E-state index in [0.717, 1.165) is 23.3 Å². The SMILES string of the molecule is CCOC(=O)c1ccc(-c2ccccc2OCCC(C)C)c(Cl)c1. The van der Waals surface area contributed by atoms with Crippen LogP contribution in [0.25, 0.3) is 11.1 Å². The van der Waals surface area contributed by atoms with Crippen molar-refractivity contribution in [2.75, 3.05) is 13.2 Å². The Bertz CT molecular complexity index is 695. The van der Waals surface area contributed by atoms with Gasteiger partial charge in [-0.1, -0.05) is 49.7 Å². The lowest BCUT2D eigenvalue weighted by Gasteiger charge is -2.14. The van der Waals surface area contributed by atoms with Crippen molar-refractivity contribution < 1.29 is 14.3 Å². The molecule has 2 aromatic carbocycles. The smallest absolute Gasteiger partial charge is 0.338 e. The van der Waals surface area contributed by atoms with Gasteiger partial charge in [-0.05, 0) is 37.5 Å². The van der Waals surface area contributed by atoms with Crippen molar-refractivity contribution in [3.05, 3.63) is 53.1 Å². The molecule has 24 heavy (non-hydrogen) atoms. The van der Waals surface area contributed by atoms with Crippen LogP contribution in [0.15, 0.2) is 42.5 Å². The minimum atomic E-state index is -0.368. The van der Waals surface area contributed by atoms with Gasteiger partial charge in [0.15, 0.2) is 0 Å². The highest BCUT2D eigenvalue weighted by molar-refractivity contribution is 6.33. The zero-order valence-electron chi connectivity index (χ0n) is 14.3. The summed E-state index contributed by atoms with van der Waals surface area (Å²) in [7, 11) is 0. The van der Waals surface area contributed by atoms with E-state index in [-0.39, 0.29) is 5.97 Å². The molecular formula is C20H23ClO3. The minimum absolute atomic E-state index is 0.338. The fourth-order valence-corrected chi connectivity index (χ4v) is 2.58. The highest BCUT2D eigenvalue weighted by atomic mass is 35.5. The van der Waals surface area contributed by atoms with E-state index in [1.54, 1.807) is 19.1 Å². The van der Waals surface area contributed by atoms with Gasteiger partial charge in [0, 0.05) is 16.1 Å². The van der Waals surface area contributed by atoms with Gasteiger partial charge in [-0.25, -0.2) is 4.79 Å². The van der Waals surface area contributed by atoms with Crippen LogP contribution in [-0.4, -0.2) is 19.2 Å². The maximum Gasteiger partial charge on any atom is 0.338 e. The summed E-state index contributed by atoms with van der Waals surface area (Å²) < 4.78 is 10.9. The molecule has 128 valence electrons. The molecule has 0 N–H and O–H groups in total. The van der Waals surface area contributed by atoms with E-state index in [2.05, 4.69) is 13.8 Å². The van der Waals surface area contributed by atoms with Crippen LogP contribution < -0.4 is 4.74 Å². The number of esters is 1. The normalized spacial score (nSPS) is 10.7. The molecule has 3 nitrogen and oxygen atoms in total. The van der Waals surface area contributed by atoms with E-state index in [9.17, 15) is 4.79 Å². The summed E-state index contributed by atoms with van der Waals surface area (Å²) >= 11 is 6.40. The van der Waals surface area contributed by atoms with Crippen LogP contribution in [0.5, 0.6) is 5.75 Å². The highest BCUT2D eigenvalue weighted by Crippen LogP contribution is 2.35. The maximum absolute atomic E-state index is 11.8. The first-order valence-electron chi connectivity index (χ1n) is 8.21. The van der Waals surface area contributed by atoms with Gasteiger partial charge < -0.3 is 9.47 Å². The number of ether oxygens (including phenoxy) is 2. The Labute approximate surface area is 148 Å². The van der Waals surface area contributed by atoms with Crippen LogP contribution in [-0.2, 0) is 4.74 Å². The lowest BCUT2D eigenvalue weighted by Crippen LogP contribution is -2.05. The van der Waals surface area contributed by atoms with Gasteiger partial charge in [0.2, 0.25) is 0 Å². The second kappa shape index (κ2) is 8.74. The molecule has 0 aliphatic heterocycles. The third kappa shape index (κ3) is 4.75. The zero-order chi connectivity index (χ0) is 17.5. The summed E-state index contributed by atoms with van der Waals surface area (Å²) in [6.45, 7) is 7.11. The third-order valence-corrected chi connectivity index (χ3v) is 3.92. The molecule has 0 spiro atoms. The molecule has 0 bridgehead atoms. The molecule has 0 aliphatic carbocycles. The summed E-state index contributed by atoms with van der Waals surface area (Å²) in [5, 5.41) is 0.500. The topological polar surface area (TPSA) is 35.5 Å². The van der Waals surface area contributed by atoms with E-state index < -0.39 is 0 Å². The van der Waals surface area contributed by atoms with Crippen LogP contribution in [0.1, 0.15) is 37.6 Å². The molecule has 2 aromatic rings. The molecule has 0 atom stereocenters. The Balaban J connectivity index is 2.26. The van der Waals surface area contributed by atoms with Gasteiger partial charge in [-0.2, -0.15) is 0 Å². The van der Waals surface area contributed by atoms with E-state index in [0.29, 0.717) is 29.7 Å². The molecule has 0 radical (unpaired) electrons. The van der Waals surface area contributed by atoms with Crippen molar-refractivity contribution in [2.45, 2.75) is 27.2 Å². The number of hydrogen-bond acceptors (Lipinski definition) is 3. The summed E-state index contributed by atoms with van der Waals surface area (Å²) in [5.74, 6) is 1.01. The Morgan fingerprint density at radius 1 is 1.12 bits per heavy atom. The molecule has 0 fully saturated rings. The van der Waals surface area contributed by atoms with Gasteiger partial charge in [0.1, 0.15) is 5.75 Å². The van der Waals surface area contributed by atoms with Gasteiger partial charge in [-0.3, -0.25) is 0 Å². The molecule has 0 heterocycles. The van der Waals surface area contributed by atoms with Gasteiger partial charge in [0.25, 0.3) is 0 Å². The fourth-order valence-electron chi connectivity index (χ4n) is 2.29. The quantitative estimate of drug-likeness (QED) is 0.611. The predicted octanol–water partition coefficient (Wildman–Crippen LogP) is 5.61. The van der Waals surface area contributed by atoms with Crippen molar-refractivity contribution in [1.82, 2.24) is 0 Å². The predicted molar refractivity (Wildman–Crippen MR) is 97.8 cm³/mol. The third-order valence-electron chi connectivity index (χ3n) is 3.61. The van der Waals surface area contributed by atoms with Crippen molar-refractivity contribution in [3.8, 4) is 16.9 Å². The standard InChI is InChI=1S/C20H23ClO3/c1-4-23-20(22)15-9-10-16(18(21)13-15)17-7-5-6-8-19(17)24-12-11-14(2)3/h5-10,13-14H,4,11-12H2,1-3H3. The first-order chi connectivity index (χ1) is 11.5. The molecule has 0 saturated heterocycles. The monoisotopic (exact) mass is 346 g/mol. The number of halogens is 1. The Morgan fingerprint density at radius 3 is 2.54 bits per heavy atom. The van der Waals surface area contributed by atoms with E-state index in [1.165, 1.54) is 0 Å². The Kier molecular flexibility index (Phi) is 6.68. The summed E-state index contributed by atoms with van der Waals surface area (Å²) in [6.07, 6.45) is 0.990. The number of benzene rings is 2. The second-order valence-corrected chi connectivity index (χ2v) is 6.35. The van der Waals surface area contributed by atoms with Crippen LogP contribution in [0.4, 0.5) is 0 Å². The Morgan fingerprint density at radius 2 is 1.88 bits per heavy atom.